The minimum Gasteiger partial charge on any atom is -0.348 e. The topological polar surface area (TPSA) is 73.8 Å². The fourth-order valence-corrected chi connectivity index (χ4v) is 3.92. The molecule has 0 saturated carbocycles. The molecule has 4 aromatic rings. The number of aromatic nitrogens is 4. The zero-order valence-electron chi connectivity index (χ0n) is 17.4. The second-order valence-electron chi connectivity index (χ2n) is 7.32. The van der Waals surface area contributed by atoms with Crippen LogP contribution in [0.25, 0.3) is 16.7 Å². The summed E-state index contributed by atoms with van der Waals surface area (Å²) in [7, 11) is 0. The zero-order valence-corrected chi connectivity index (χ0v) is 17.4. The summed E-state index contributed by atoms with van der Waals surface area (Å²) in [5, 5.41) is 7.48. The Labute approximate surface area is 174 Å². The van der Waals surface area contributed by atoms with Crippen LogP contribution in [0.5, 0.6) is 0 Å². The van der Waals surface area contributed by atoms with E-state index in [1.807, 2.05) is 80.1 Å². The van der Waals surface area contributed by atoms with E-state index in [1.54, 1.807) is 10.8 Å². The average molecular weight is 403 g/mol. The second kappa shape index (κ2) is 8.02. The third kappa shape index (κ3) is 3.43. The van der Waals surface area contributed by atoms with E-state index in [0.29, 0.717) is 6.54 Å². The number of carbonyl (C=O) groups is 1. The van der Waals surface area contributed by atoms with Crippen molar-refractivity contribution in [3.05, 3.63) is 82.5 Å². The highest BCUT2D eigenvalue weighted by Gasteiger charge is 2.19. The Kier molecular flexibility index (Phi) is 5.27. The van der Waals surface area contributed by atoms with Crippen molar-refractivity contribution in [1.29, 1.82) is 0 Å². The van der Waals surface area contributed by atoms with Gasteiger partial charge in [-0.15, -0.1) is 0 Å². The number of amides is 1. The molecule has 1 atom stereocenters. The SMILES string of the molecule is CCn1c(=O)n(CC(=O)NC(C)c2cnn(-c3ccccc3)c2C)c2ccccc21. The van der Waals surface area contributed by atoms with E-state index in [2.05, 4.69) is 10.4 Å². The minimum absolute atomic E-state index is 0.0252. The molecule has 154 valence electrons. The Balaban J connectivity index is 1.55. The Morgan fingerprint density at radius 2 is 1.67 bits per heavy atom. The van der Waals surface area contributed by atoms with Crippen molar-refractivity contribution < 1.29 is 4.79 Å². The predicted octanol–water partition coefficient (Wildman–Crippen LogP) is 3.19. The van der Waals surface area contributed by atoms with Gasteiger partial charge in [-0.3, -0.25) is 13.9 Å². The molecule has 1 unspecified atom stereocenters. The van der Waals surface area contributed by atoms with E-state index < -0.39 is 0 Å². The molecule has 0 bridgehead atoms. The molecule has 0 aliphatic rings. The van der Waals surface area contributed by atoms with Gasteiger partial charge in [-0.05, 0) is 45.0 Å². The third-order valence-electron chi connectivity index (χ3n) is 5.44. The summed E-state index contributed by atoms with van der Waals surface area (Å²) in [4.78, 5) is 25.5. The quantitative estimate of drug-likeness (QED) is 0.537. The fraction of sp³-hybridized carbons (Fsp3) is 0.261. The van der Waals surface area contributed by atoms with Crippen molar-refractivity contribution in [1.82, 2.24) is 24.2 Å². The average Bonchev–Trinajstić information content (AvgIpc) is 3.26. The number of nitrogens with zero attached hydrogens (tertiary/aromatic N) is 4. The van der Waals surface area contributed by atoms with Crippen LogP contribution < -0.4 is 11.0 Å². The number of para-hydroxylation sites is 3. The summed E-state index contributed by atoms with van der Waals surface area (Å²) < 4.78 is 5.07. The van der Waals surface area contributed by atoms with Crippen LogP contribution in [-0.2, 0) is 17.9 Å². The van der Waals surface area contributed by atoms with Crippen LogP contribution in [0.15, 0.2) is 65.6 Å². The van der Waals surface area contributed by atoms with Gasteiger partial charge in [0.05, 0.1) is 29.0 Å². The van der Waals surface area contributed by atoms with E-state index in [-0.39, 0.29) is 24.2 Å². The van der Waals surface area contributed by atoms with E-state index >= 15 is 0 Å². The molecule has 7 heteroatoms. The lowest BCUT2D eigenvalue weighted by atomic mass is 10.1. The number of imidazole rings is 1. The summed E-state index contributed by atoms with van der Waals surface area (Å²) in [5.41, 5.74) is 4.31. The van der Waals surface area contributed by atoms with Crippen molar-refractivity contribution in [3.63, 3.8) is 0 Å². The molecule has 0 aliphatic heterocycles. The van der Waals surface area contributed by atoms with E-state index in [4.69, 9.17) is 0 Å². The van der Waals surface area contributed by atoms with Gasteiger partial charge in [0, 0.05) is 17.8 Å². The molecule has 0 saturated heterocycles. The maximum atomic E-state index is 12.8. The predicted molar refractivity (Wildman–Crippen MR) is 117 cm³/mol. The van der Waals surface area contributed by atoms with Crippen LogP contribution in [0.2, 0.25) is 0 Å². The number of aryl methyl sites for hydroxylation is 1. The molecule has 4 rings (SSSR count). The van der Waals surface area contributed by atoms with Gasteiger partial charge < -0.3 is 5.32 Å². The van der Waals surface area contributed by atoms with Crippen LogP contribution >= 0.6 is 0 Å². The molecule has 7 nitrogen and oxygen atoms in total. The van der Waals surface area contributed by atoms with E-state index in [1.165, 1.54) is 4.57 Å². The maximum absolute atomic E-state index is 12.8. The molecular weight excluding hydrogens is 378 g/mol. The normalized spacial score (nSPS) is 12.2. The number of fused-ring (bicyclic) bond motifs is 1. The second-order valence-corrected chi connectivity index (χ2v) is 7.32. The highest BCUT2D eigenvalue weighted by atomic mass is 16.2. The molecular formula is C23H25N5O2. The number of hydrogen-bond acceptors (Lipinski definition) is 3. The molecule has 2 aromatic heterocycles. The van der Waals surface area contributed by atoms with Crippen LogP contribution in [0.3, 0.4) is 0 Å². The molecule has 0 aliphatic carbocycles. The van der Waals surface area contributed by atoms with Gasteiger partial charge in [-0.2, -0.15) is 5.10 Å². The maximum Gasteiger partial charge on any atom is 0.329 e. The molecule has 0 radical (unpaired) electrons. The standard InChI is InChI=1S/C23H25N5O2/c1-4-26-20-12-8-9-13-21(20)27(23(26)30)15-22(29)25-16(2)19-14-24-28(17(19)3)18-10-6-5-7-11-18/h5-14,16H,4,15H2,1-3H3,(H,25,29). The first-order valence-electron chi connectivity index (χ1n) is 10.1. The Morgan fingerprint density at radius 1 is 1.03 bits per heavy atom. The van der Waals surface area contributed by atoms with Crippen molar-refractivity contribution in [2.45, 2.75) is 39.9 Å². The van der Waals surface area contributed by atoms with Crippen molar-refractivity contribution in [3.8, 4) is 5.69 Å². The summed E-state index contributed by atoms with van der Waals surface area (Å²) in [6.45, 7) is 6.37. The molecule has 1 amide bonds. The summed E-state index contributed by atoms with van der Waals surface area (Å²) in [6, 6.07) is 17.2. The van der Waals surface area contributed by atoms with Gasteiger partial charge in [0.2, 0.25) is 5.91 Å². The number of carbonyl (C=O) groups excluding carboxylic acids is 1. The van der Waals surface area contributed by atoms with Crippen molar-refractivity contribution >= 4 is 16.9 Å². The van der Waals surface area contributed by atoms with Crippen molar-refractivity contribution in [2.75, 3.05) is 0 Å². The number of nitrogens with one attached hydrogen (secondary N) is 1. The molecule has 2 aromatic carbocycles. The van der Waals surface area contributed by atoms with Crippen LogP contribution in [0.1, 0.15) is 31.1 Å². The van der Waals surface area contributed by atoms with Gasteiger partial charge >= 0.3 is 5.69 Å². The van der Waals surface area contributed by atoms with Crippen molar-refractivity contribution in [2.24, 2.45) is 0 Å². The fourth-order valence-electron chi connectivity index (χ4n) is 3.92. The lowest BCUT2D eigenvalue weighted by Crippen LogP contribution is -2.34. The molecule has 0 fully saturated rings. The third-order valence-corrected chi connectivity index (χ3v) is 5.44. The summed E-state index contributed by atoms with van der Waals surface area (Å²) >= 11 is 0. The Hall–Kier alpha value is -3.61. The Bertz CT molecular complexity index is 1250. The number of benzene rings is 2. The molecule has 2 heterocycles. The van der Waals surface area contributed by atoms with E-state index in [9.17, 15) is 9.59 Å². The smallest absolute Gasteiger partial charge is 0.329 e. The summed E-state index contributed by atoms with van der Waals surface area (Å²) in [6.07, 6.45) is 1.78. The lowest BCUT2D eigenvalue weighted by molar-refractivity contribution is -0.122. The molecule has 0 spiro atoms. The molecule has 1 N–H and O–H groups in total. The minimum atomic E-state index is -0.231. The monoisotopic (exact) mass is 403 g/mol. The van der Waals surface area contributed by atoms with Gasteiger partial charge in [-0.1, -0.05) is 30.3 Å². The number of hydrogen-bond donors (Lipinski definition) is 1. The highest BCUT2D eigenvalue weighted by molar-refractivity contribution is 5.81. The highest BCUT2D eigenvalue weighted by Crippen LogP contribution is 2.20. The first kappa shape index (κ1) is 19.7. The first-order chi connectivity index (χ1) is 14.5. The van der Waals surface area contributed by atoms with Gasteiger partial charge in [0.25, 0.3) is 0 Å². The Morgan fingerprint density at radius 3 is 2.33 bits per heavy atom. The summed E-state index contributed by atoms with van der Waals surface area (Å²) in [5.74, 6) is -0.213. The van der Waals surface area contributed by atoms with Crippen LogP contribution in [0.4, 0.5) is 0 Å². The largest absolute Gasteiger partial charge is 0.348 e. The lowest BCUT2D eigenvalue weighted by Gasteiger charge is -2.14. The van der Waals surface area contributed by atoms with Gasteiger partial charge in [0.1, 0.15) is 6.54 Å². The first-order valence-corrected chi connectivity index (χ1v) is 10.1. The van der Waals surface area contributed by atoms with Crippen LogP contribution in [-0.4, -0.2) is 24.8 Å². The molecule has 30 heavy (non-hydrogen) atoms. The number of rotatable bonds is 6. The van der Waals surface area contributed by atoms with Gasteiger partial charge in [0.15, 0.2) is 0 Å². The zero-order chi connectivity index (χ0) is 21.3. The van der Waals surface area contributed by atoms with Gasteiger partial charge in [-0.25, -0.2) is 9.48 Å². The van der Waals surface area contributed by atoms with Crippen LogP contribution in [0, 0.1) is 6.92 Å². The van der Waals surface area contributed by atoms with E-state index in [0.717, 1.165) is 28.0 Å².